The van der Waals surface area contributed by atoms with Crippen LogP contribution in [-0.2, 0) is 0 Å². The second-order valence-corrected chi connectivity index (χ2v) is 8.28. The van der Waals surface area contributed by atoms with Crippen molar-refractivity contribution in [3.8, 4) is 11.5 Å². The van der Waals surface area contributed by atoms with Gasteiger partial charge in [0.2, 0.25) is 11.8 Å². The number of rotatable bonds is 4. The number of hydrogen-bond acceptors (Lipinski definition) is 9. The molecule has 170 valence electrons. The van der Waals surface area contributed by atoms with Gasteiger partial charge in [-0.15, -0.1) is 10.2 Å². The first-order chi connectivity index (χ1) is 16.0. The number of carbonyl (C=O) groups is 2. The van der Waals surface area contributed by atoms with E-state index in [0.717, 1.165) is 24.0 Å². The largest absolute Gasteiger partial charge is 0.412 e. The molecule has 0 aliphatic carbocycles. The zero-order valence-corrected chi connectivity index (χ0v) is 18.6. The first-order valence-electron chi connectivity index (χ1n) is 10.7. The summed E-state index contributed by atoms with van der Waals surface area (Å²) in [5.74, 6) is 0.804. The van der Waals surface area contributed by atoms with Crippen LogP contribution in [0, 0.1) is 0 Å². The summed E-state index contributed by atoms with van der Waals surface area (Å²) in [7, 11) is 5.01. The third kappa shape index (κ3) is 3.65. The summed E-state index contributed by atoms with van der Waals surface area (Å²) in [5, 5.41) is 13.9. The van der Waals surface area contributed by atoms with Crippen molar-refractivity contribution in [1.82, 2.24) is 30.4 Å². The van der Waals surface area contributed by atoms with Gasteiger partial charge in [0.25, 0.3) is 5.91 Å². The molecule has 2 aliphatic rings. The third-order valence-corrected chi connectivity index (χ3v) is 6.01. The Morgan fingerprint density at radius 1 is 1.27 bits per heavy atom. The molecule has 0 bridgehead atoms. The predicted molar refractivity (Wildman–Crippen MR) is 120 cm³/mol. The van der Waals surface area contributed by atoms with Crippen molar-refractivity contribution in [2.45, 2.75) is 24.9 Å². The van der Waals surface area contributed by atoms with Gasteiger partial charge in [0.15, 0.2) is 0 Å². The van der Waals surface area contributed by atoms with Crippen molar-refractivity contribution < 1.29 is 14.0 Å². The molecule has 2 N–H and O–H groups in total. The number of hydrogen-bond donors (Lipinski definition) is 2. The summed E-state index contributed by atoms with van der Waals surface area (Å²) in [6.45, 7) is 0.542. The highest BCUT2D eigenvalue weighted by atomic mass is 16.4. The minimum atomic E-state index is -0.345. The second-order valence-electron chi connectivity index (χ2n) is 8.28. The molecule has 2 unspecified atom stereocenters. The summed E-state index contributed by atoms with van der Waals surface area (Å²) in [6, 6.07) is 7.96. The van der Waals surface area contributed by atoms with E-state index in [9.17, 15) is 9.59 Å². The lowest BCUT2D eigenvalue weighted by Gasteiger charge is -2.31. The van der Waals surface area contributed by atoms with E-state index in [2.05, 4.69) is 35.7 Å². The Bertz CT molecular complexity index is 1220. The van der Waals surface area contributed by atoms with Crippen LogP contribution >= 0.6 is 0 Å². The number of aromatic nitrogens is 4. The van der Waals surface area contributed by atoms with E-state index >= 15 is 0 Å². The van der Waals surface area contributed by atoms with E-state index in [-0.39, 0.29) is 35.7 Å². The van der Waals surface area contributed by atoms with Crippen LogP contribution in [0.3, 0.4) is 0 Å². The van der Waals surface area contributed by atoms with E-state index in [0.29, 0.717) is 23.9 Å². The topological polar surface area (TPSA) is 129 Å². The molecule has 2 aliphatic heterocycles. The van der Waals surface area contributed by atoms with Gasteiger partial charge in [-0.05, 0) is 30.5 Å². The molecule has 1 aromatic carbocycles. The highest BCUT2D eigenvalue weighted by Gasteiger charge is 2.40. The van der Waals surface area contributed by atoms with Crippen molar-refractivity contribution in [1.29, 1.82) is 0 Å². The number of nitrogens with one attached hydrogen (secondary N) is 2. The molecule has 0 radical (unpaired) electrons. The molecule has 2 aromatic heterocycles. The highest BCUT2D eigenvalue weighted by molar-refractivity contribution is 5.99. The minimum absolute atomic E-state index is 0.00630. The molecular formula is C22H24N8O3. The van der Waals surface area contributed by atoms with Gasteiger partial charge in [0, 0.05) is 45.5 Å². The van der Waals surface area contributed by atoms with Crippen LogP contribution in [0.25, 0.3) is 11.5 Å². The van der Waals surface area contributed by atoms with E-state index in [1.165, 1.54) is 4.90 Å². The number of fused-ring (bicyclic) bond motifs is 3. The highest BCUT2D eigenvalue weighted by Crippen LogP contribution is 2.42. The minimum Gasteiger partial charge on any atom is -0.412 e. The number of nitrogens with zero attached hydrogens (tertiary/aromatic N) is 6. The van der Waals surface area contributed by atoms with Crippen LogP contribution < -0.4 is 15.5 Å². The Morgan fingerprint density at radius 2 is 2.12 bits per heavy atom. The molecule has 2 amide bonds. The van der Waals surface area contributed by atoms with Gasteiger partial charge < -0.3 is 24.9 Å². The van der Waals surface area contributed by atoms with Gasteiger partial charge in [-0.2, -0.15) is 4.98 Å². The number of amides is 2. The summed E-state index contributed by atoms with van der Waals surface area (Å²) in [6.07, 6.45) is 3.38. The molecule has 2 atom stereocenters. The molecular weight excluding hydrogens is 424 g/mol. The van der Waals surface area contributed by atoms with E-state index in [1.807, 2.05) is 24.3 Å². The smallest absolute Gasteiger partial charge is 0.310 e. The van der Waals surface area contributed by atoms with Gasteiger partial charge in [-0.3, -0.25) is 9.59 Å². The van der Waals surface area contributed by atoms with Crippen molar-refractivity contribution in [2.75, 3.05) is 37.9 Å². The van der Waals surface area contributed by atoms with Crippen LogP contribution in [0.4, 0.5) is 11.8 Å². The normalized spacial score (nSPS) is 19.4. The SMILES string of the molecule is CNc1ncc2c(n1)N1C(CCC1c1cccc(-c3nnc(C(=O)N(C)C)o3)c1)CNC2=O. The Hall–Kier alpha value is -4.02. The average Bonchev–Trinajstić information content (AvgIpc) is 3.46. The van der Waals surface area contributed by atoms with E-state index in [1.54, 1.807) is 27.3 Å². The Labute approximate surface area is 190 Å². The lowest BCUT2D eigenvalue weighted by Crippen LogP contribution is -2.37. The fraction of sp³-hybridized carbons (Fsp3) is 0.364. The third-order valence-electron chi connectivity index (χ3n) is 6.01. The molecule has 3 aromatic rings. The summed E-state index contributed by atoms with van der Waals surface area (Å²) in [4.78, 5) is 37.2. The lowest BCUT2D eigenvalue weighted by molar-refractivity contribution is 0.0789. The van der Waals surface area contributed by atoms with Gasteiger partial charge in [0.05, 0.1) is 6.04 Å². The summed E-state index contributed by atoms with van der Waals surface area (Å²) in [5.41, 5.74) is 2.23. The van der Waals surface area contributed by atoms with Gasteiger partial charge in [0.1, 0.15) is 11.4 Å². The van der Waals surface area contributed by atoms with Gasteiger partial charge in [-0.25, -0.2) is 4.98 Å². The monoisotopic (exact) mass is 448 g/mol. The van der Waals surface area contributed by atoms with Crippen LogP contribution in [0.2, 0.25) is 0 Å². The van der Waals surface area contributed by atoms with Gasteiger partial charge >= 0.3 is 11.8 Å². The standard InChI is InChI=1S/C22H24N8O3/c1-23-22-25-11-15-17(26-22)30-14(10-24-18(15)31)7-8-16(30)12-5-4-6-13(9-12)19-27-28-20(33-19)21(32)29(2)3/h4-6,9,11,14,16H,7-8,10H2,1-3H3,(H,24,31)(H,23,25,26). The second kappa shape index (κ2) is 8.15. The zero-order chi connectivity index (χ0) is 23.1. The van der Waals surface area contributed by atoms with Crippen molar-refractivity contribution >= 4 is 23.6 Å². The first-order valence-corrected chi connectivity index (χ1v) is 10.7. The quantitative estimate of drug-likeness (QED) is 0.613. The fourth-order valence-electron chi connectivity index (χ4n) is 4.38. The number of carbonyl (C=O) groups excluding carboxylic acids is 2. The molecule has 5 rings (SSSR count). The van der Waals surface area contributed by atoms with Crippen LogP contribution in [0.5, 0.6) is 0 Å². The molecule has 11 heteroatoms. The molecule has 1 saturated heterocycles. The molecule has 11 nitrogen and oxygen atoms in total. The molecule has 4 heterocycles. The van der Waals surface area contributed by atoms with E-state index < -0.39 is 0 Å². The average molecular weight is 448 g/mol. The molecule has 0 spiro atoms. The van der Waals surface area contributed by atoms with Crippen LogP contribution in [0.15, 0.2) is 34.9 Å². The molecule has 1 fully saturated rings. The Balaban J connectivity index is 1.52. The predicted octanol–water partition coefficient (Wildman–Crippen LogP) is 1.72. The lowest BCUT2D eigenvalue weighted by atomic mass is 10.0. The Kier molecular flexibility index (Phi) is 5.15. The fourth-order valence-corrected chi connectivity index (χ4v) is 4.38. The maximum absolute atomic E-state index is 12.6. The molecule has 33 heavy (non-hydrogen) atoms. The summed E-state index contributed by atoms with van der Waals surface area (Å²) >= 11 is 0. The maximum Gasteiger partial charge on any atom is 0.310 e. The van der Waals surface area contributed by atoms with Crippen molar-refractivity contribution in [2.24, 2.45) is 0 Å². The van der Waals surface area contributed by atoms with Crippen molar-refractivity contribution in [3.05, 3.63) is 47.5 Å². The van der Waals surface area contributed by atoms with Gasteiger partial charge in [-0.1, -0.05) is 12.1 Å². The van der Waals surface area contributed by atoms with E-state index in [4.69, 9.17) is 4.42 Å². The first kappa shape index (κ1) is 20.9. The summed E-state index contributed by atoms with van der Waals surface area (Å²) < 4.78 is 5.63. The maximum atomic E-state index is 12.6. The molecule has 0 saturated carbocycles. The number of benzene rings is 1. The Morgan fingerprint density at radius 3 is 2.91 bits per heavy atom. The van der Waals surface area contributed by atoms with Crippen LogP contribution in [0.1, 0.15) is 45.5 Å². The van der Waals surface area contributed by atoms with Crippen LogP contribution in [-0.4, -0.2) is 70.6 Å². The zero-order valence-electron chi connectivity index (χ0n) is 18.6. The van der Waals surface area contributed by atoms with Crippen molar-refractivity contribution in [3.63, 3.8) is 0 Å². The number of anilines is 2.